The number of nitrogens with zero attached hydrogens (tertiary/aromatic N) is 2. The van der Waals surface area contributed by atoms with Crippen LogP contribution in [0.5, 0.6) is 0 Å². The maximum absolute atomic E-state index is 12.2. The summed E-state index contributed by atoms with van der Waals surface area (Å²) in [7, 11) is -3.60. The van der Waals surface area contributed by atoms with Gasteiger partial charge in [-0.25, -0.2) is 13.1 Å². The largest absolute Gasteiger partial charge is 0.379 e. The van der Waals surface area contributed by atoms with Crippen LogP contribution in [0.15, 0.2) is 23.4 Å². The third kappa shape index (κ3) is 4.61. The highest BCUT2D eigenvalue weighted by Crippen LogP contribution is 2.17. The molecule has 0 spiro atoms. The Morgan fingerprint density at radius 2 is 2.14 bits per heavy atom. The summed E-state index contributed by atoms with van der Waals surface area (Å²) in [6.07, 6.45) is 3.50. The summed E-state index contributed by atoms with van der Waals surface area (Å²) in [6.45, 7) is 4.51. The Morgan fingerprint density at radius 3 is 2.86 bits per heavy atom. The topological polar surface area (TPSA) is 110 Å². The minimum atomic E-state index is -3.60. The Balaban J connectivity index is 1.83. The number of rotatable bonds is 7. The van der Waals surface area contributed by atoms with Crippen molar-refractivity contribution in [2.45, 2.75) is 11.3 Å². The van der Waals surface area contributed by atoms with E-state index in [1.807, 2.05) is 0 Å². The van der Waals surface area contributed by atoms with Gasteiger partial charge < -0.3 is 10.2 Å². The number of hydrazine groups is 1. The molecule has 4 N–H and O–H groups in total. The lowest BCUT2D eigenvalue weighted by Gasteiger charge is -2.26. The Hall–Kier alpha value is -1.26. The molecule has 1 aromatic rings. The van der Waals surface area contributed by atoms with Gasteiger partial charge in [-0.2, -0.15) is 0 Å². The highest BCUT2D eigenvalue weighted by atomic mass is 32.2. The van der Waals surface area contributed by atoms with Gasteiger partial charge in [0.1, 0.15) is 4.90 Å². The van der Waals surface area contributed by atoms with Gasteiger partial charge in [0.15, 0.2) is 0 Å². The maximum atomic E-state index is 12.2. The lowest BCUT2D eigenvalue weighted by atomic mass is 10.3. The molecule has 118 valence electrons. The van der Waals surface area contributed by atoms with Gasteiger partial charge in [-0.1, -0.05) is 0 Å². The Morgan fingerprint density at radius 1 is 1.38 bits per heavy atom. The molecule has 1 aromatic heterocycles. The van der Waals surface area contributed by atoms with Gasteiger partial charge >= 0.3 is 0 Å². The van der Waals surface area contributed by atoms with Crippen LogP contribution >= 0.6 is 0 Å². The summed E-state index contributed by atoms with van der Waals surface area (Å²) in [5.41, 5.74) is 2.69. The van der Waals surface area contributed by atoms with Gasteiger partial charge in [-0.15, -0.1) is 0 Å². The third-order valence-corrected chi connectivity index (χ3v) is 4.76. The molecule has 0 unspecified atom stereocenters. The van der Waals surface area contributed by atoms with Crippen molar-refractivity contribution in [1.82, 2.24) is 14.6 Å². The lowest BCUT2D eigenvalue weighted by molar-refractivity contribution is 0.0376. The number of sulfonamides is 1. The van der Waals surface area contributed by atoms with Crippen LogP contribution in [0.1, 0.15) is 6.42 Å². The number of hydrogen-bond acceptors (Lipinski definition) is 7. The first-order valence-corrected chi connectivity index (χ1v) is 8.32. The van der Waals surface area contributed by atoms with E-state index in [2.05, 4.69) is 20.0 Å². The van der Waals surface area contributed by atoms with Crippen LogP contribution in [0.4, 0.5) is 5.69 Å². The van der Waals surface area contributed by atoms with Gasteiger partial charge in [0, 0.05) is 32.0 Å². The number of hydrogen-bond donors (Lipinski definition) is 3. The molecule has 0 bridgehead atoms. The van der Waals surface area contributed by atoms with Crippen LogP contribution in [0.2, 0.25) is 0 Å². The second-order valence-electron chi connectivity index (χ2n) is 4.72. The Labute approximate surface area is 124 Å². The number of ether oxygens (including phenoxy) is 1. The van der Waals surface area contributed by atoms with Crippen molar-refractivity contribution in [1.29, 1.82) is 0 Å². The molecule has 2 heterocycles. The summed E-state index contributed by atoms with van der Waals surface area (Å²) in [6, 6.07) is 1.52. The molecule has 0 saturated carbocycles. The molecule has 0 amide bonds. The van der Waals surface area contributed by atoms with E-state index in [9.17, 15) is 8.42 Å². The van der Waals surface area contributed by atoms with Crippen LogP contribution in [0.25, 0.3) is 0 Å². The Bertz CT molecular complexity index is 546. The summed E-state index contributed by atoms with van der Waals surface area (Å²) in [4.78, 5) is 6.14. The summed E-state index contributed by atoms with van der Waals surface area (Å²) < 4.78 is 32.2. The fourth-order valence-corrected chi connectivity index (χ4v) is 3.31. The van der Waals surface area contributed by atoms with Gasteiger partial charge in [0.25, 0.3) is 0 Å². The van der Waals surface area contributed by atoms with Crippen molar-refractivity contribution in [2.75, 3.05) is 44.8 Å². The molecule has 9 heteroatoms. The van der Waals surface area contributed by atoms with E-state index in [1.165, 1.54) is 18.5 Å². The quantitative estimate of drug-likeness (QED) is 0.349. The zero-order valence-electron chi connectivity index (χ0n) is 11.8. The van der Waals surface area contributed by atoms with E-state index in [0.29, 0.717) is 12.2 Å². The van der Waals surface area contributed by atoms with Crippen molar-refractivity contribution in [3.8, 4) is 0 Å². The monoisotopic (exact) mass is 315 g/mol. The van der Waals surface area contributed by atoms with Gasteiger partial charge in [-0.3, -0.25) is 15.7 Å². The summed E-state index contributed by atoms with van der Waals surface area (Å²) in [5, 5.41) is 0. The van der Waals surface area contributed by atoms with Gasteiger partial charge in [-0.05, 0) is 19.0 Å². The number of nitrogens with one attached hydrogen (secondary N) is 2. The fourth-order valence-electron chi connectivity index (χ4n) is 2.13. The normalized spacial score (nSPS) is 16.8. The maximum Gasteiger partial charge on any atom is 0.244 e. The van der Waals surface area contributed by atoms with Crippen molar-refractivity contribution in [3.63, 3.8) is 0 Å². The van der Waals surface area contributed by atoms with Crippen LogP contribution in [0.3, 0.4) is 0 Å². The van der Waals surface area contributed by atoms with E-state index < -0.39 is 10.0 Å². The van der Waals surface area contributed by atoms with E-state index >= 15 is 0 Å². The average molecular weight is 315 g/mol. The number of nitrogens with two attached hydrogens (primary N) is 1. The van der Waals surface area contributed by atoms with Crippen LogP contribution in [0, 0.1) is 0 Å². The number of aromatic nitrogens is 1. The van der Waals surface area contributed by atoms with E-state index in [4.69, 9.17) is 10.6 Å². The summed E-state index contributed by atoms with van der Waals surface area (Å²) >= 11 is 0. The SMILES string of the molecule is NNc1ccncc1S(=O)(=O)NCCCN1CCOCC1. The van der Waals surface area contributed by atoms with Crippen LogP contribution < -0.4 is 16.0 Å². The van der Waals surface area contributed by atoms with Crippen LogP contribution in [-0.2, 0) is 14.8 Å². The smallest absolute Gasteiger partial charge is 0.244 e. The van der Waals surface area contributed by atoms with Crippen LogP contribution in [-0.4, -0.2) is 57.7 Å². The van der Waals surface area contributed by atoms with Crippen molar-refractivity contribution < 1.29 is 13.2 Å². The Kier molecular flexibility index (Phi) is 5.88. The number of pyridine rings is 1. The molecule has 8 nitrogen and oxygen atoms in total. The van der Waals surface area contributed by atoms with Gasteiger partial charge in [0.05, 0.1) is 18.9 Å². The predicted molar refractivity (Wildman–Crippen MR) is 79.1 cm³/mol. The molecule has 1 aliphatic heterocycles. The van der Waals surface area contributed by atoms with E-state index in [1.54, 1.807) is 0 Å². The van der Waals surface area contributed by atoms with Crippen molar-refractivity contribution >= 4 is 15.7 Å². The van der Waals surface area contributed by atoms with Gasteiger partial charge in [0.2, 0.25) is 10.0 Å². The number of morpholine rings is 1. The first kappa shape index (κ1) is 16.1. The van der Waals surface area contributed by atoms with Crippen molar-refractivity contribution in [2.24, 2.45) is 5.84 Å². The first-order valence-electron chi connectivity index (χ1n) is 6.84. The number of anilines is 1. The molecule has 21 heavy (non-hydrogen) atoms. The fraction of sp³-hybridized carbons (Fsp3) is 0.583. The van der Waals surface area contributed by atoms with E-state index in [0.717, 1.165) is 39.3 Å². The number of nitrogen functional groups attached to an aromatic ring is 1. The molecular weight excluding hydrogens is 294 g/mol. The molecule has 2 rings (SSSR count). The molecule has 0 aromatic carbocycles. The molecule has 0 atom stereocenters. The standard InChI is InChI=1S/C12H21N5O3S/c13-16-11-2-4-14-10-12(11)21(18,19)15-3-1-5-17-6-8-20-9-7-17/h2,4,10,15H,1,3,5-9,13H2,(H,14,16). The molecule has 1 fully saturated rings. The average Bonchev–Trinajstić information content (AvgIpc) is 2.52. The lowest BCUT2D eigenvalue weighted by Crippen LogP contribution is -2.38. The summed E-state index contributed by atoms with van der Waals surface area (Å²) in [5.74, 6) is 5.31. The molecular formula is C12H21N5O3S. The van der Waals surface area contributed by atoms with Crippen molar-refractivity contribution in [3.05, 3.63) is 18.5 Å². The van der Waals surface area contributed by atoms with E-state index in [-0.39, 0.29) is 4.90 Å². The minimum Gasteiger partial charge on any atom is -0.379 e. The third-order valence-electron chi connectivity index (χ3n) is 3.28. The molecule has 0 radical (unpaired) electrons. The predicted octanol–water partition coefficient (Wildman–Crippen LogP) is -0.632. The second-order valence-corrected chi connectivity index (χ2v) is 6.46. The minimum absolute atomic E-state index is 0.0545. The zero-order chi connectivity index (χ0) is 15.1. The zero-order valence-corrected chi connectivity index (χ0v) is 12.6. The molecule has 0 aliphatic carbocycles. The highest BCUT2D eigenvalue weighted by molar-refractivity contribution is 7.89. The molecule has 1 saturated heterocycles. The molecule has 1 aliphatic rings. The first-order chi connectivity index (χ1) is 10.1. The highest BCUT2D eigenvalue weighted by Gasteiger charge is 2.18. The second kappa shape index (κ2) is 7.66.